The Balaban J connectivity index is 2.15. The summed E-state index contributed by atoms with van der Waals surface area (Å²) in [7, 11) is 0. The minimum atomic E-state index is 0.487. The standard InChI is InChI=1S/C17H29NO/c1-5-10-18-16(11-15-8-6-7-9-15)17-12(2)13(3)19-14(17)4/h15-16,18H,5-11H2,1-4H3. The first-order valence-electron chi connectivity index (χ1n) is 7.93. The molecule has 0 spiro atoms. The van der Waals surface area contributed by atoms with Gasteiger partial charge in [0.25, 0.3) is 0 Å². The molecule has 1 atom stereocenters. The summed E-state index contributed by atoms with van der Waals surface area (Å²) < 4.78 is 5.83. The second kappa shape index (κ2) is 6.60. The van der Waals surface area contributed by atoms with Gasteiger partial charge in [0, 0.05) is 11.6 Å². The third-order valence-electron chi connectivity index (χ3n) is 4.65. The molecular formula is C17H29NO. The lowest BCUT2D eigenvalue weighted by Crippen LogP contribution is -2.25. The molecule has 1 fully saturated rings. The van der Waals surface area contributed by atoms with Gasteiger partial charge in [0.05, 0.1) is 0 Å². The monoisotopic (exact) mass is 263 g/mol. The molecule has 1 saturated carbocycles. The summed E-state index contributed by atoms with van der Waals surface area (Å²) in [5, 5.41) is 3.75. The van der Waals surface area contributed by atoms with E-state index in [4.69, 9.17) is 4.42 Å². The zero-order chi connectivity index (χ0) is 13.8. The smallest absolute Gasteiger partial charge is 0.106 e. The molecule has 108 valence electrons. The van der Waals surface area contributed by atoms with Crippen molar-refractivity contribution in [1.29, 1.82) is 0 Å². The van der Waals surface area contributed by atoms with Gasteiger partial charge >= 0.3 is 0 Å². The maximum absolute atomic E-state index is 5.83. The van der Waals surface area contributed by atoms with Crippen molar-refractivity contribution in [2.24, 2.45) is 5.92 Å². The van der Waals surface area contributed by atoms with E-state index in [1.54, 1.807) is 0 Å². The van der Waals surface area contributed by atoms with E-state index >= 15 is 0 Å². The van der Waals surface area contributed by atoms with Gasteiger partial charge < -0.3 is 9.73 Å². The molecule has 19 heavy (non-hydrogen) atoms. The van der Waals surface area contributed by atoms with Crippen LogP contribution in [0.2, 0.25) is 0 Å². The fourth-order valence-electron chi connectivity index (χ4n) is 3.52. The van der Waals surface area contributed by atoms with E-state index in [2.05, 4.69) is 33.0 Å². The molecule has 0 amide bonds. The van der Waals surface area contributed by atoms with Crippen LogP contribution in [-0.4, -0.2) is 6.54 Å². The fraction of sp³-hybridized carbons (Fsp3) is 0.765. The van der Waals surface area contributed by atoms with Crippen LogP contribution >= 0.6 is 0 Å². The minimum Gasteiger partial charge on any atom is -0.466 e. The molecular weight excluding hydrogens is 234 g/mol. The molecule has 1 aromatic heterocycles. The second-order valence-corrected chi connectivity index (χ2v) is 6.15. The first-order chi connectivity index (χ1) is 9.13. The van der Waals surface area contributed by atoms with Crippen molar-refractivity contribution in [2.75, 3.05) is 6.54 Å². The van der Waals surface area contributed by atoms with Crippen molar-refractivity contribution in [3.63, 3.8) is 0 Å². The molecule has 0 saturated heterocycles. The third kappa shape index (κ3) is 3.42. The second-order valence-electron chi connectivity index (χ2n) is 6.15. The number of nitrogens with one attached hydrogen (secondary N) is 1. The molecule has 2 heteroatoms. The van der Waals surface area contributed by atoms with E-state index in [0.717, 1.165) is 24.0 Å². The van der Waals surface area contributed by atoms with E-state index in [1.807, 2.05) is 0 Å². The Hall–Kier alpha value is -0.760. The van der Waals surface area contributed by atoms with Crippen molar-refractivity contribution < 1.29 is 4.42 Å². The van der Waals surface area contributed by atoms with E-state index in [9.17, 15) is 0 Å². The Bertz CT molecular complexity index is 402. The van der Waals surface area contributed by atoms with Gasteiger partial charge in [-0.2, -0.15) is 0 Å². The van der Waals surface area contributed by atoms with Crippen LogP contribution in [0, 0.1) is 26.7 Å². The van der Waals surface area contributed by atoms with Gasteiger partial charge in [0.2, 0.25) is 0 Å². The van der Waals surface area contributed by atoms with E-state index in [1.165, 1.54) is 49.7 Å². The molecule has 1 unspecified atom stereocenters. The van der Waals surface area contributed by atoms with E-state index < -0.39 is 0 Å². The molecule has 1 aromatic rings. The average molecular weight is 263 g/mol. The van der Waals surface area contributed by atoms with Gasteiger partial charge in [-0.1, -0.05) is 32.6 Å². The topological polar surface area (TPSA) is 25.2 Å². The van der Waals surface area contributed by atoms with Crippen LogP contribution in [0.3, 0.4) is 0 Å². The maximum Gasteiger partial charge on any atom is 0.106 e. The van der Waals surface area contributed by atoms with Crippen LogP contribution in [0.25, 0.3) is 0 Å². The normalized spacial score (nSPS) is 18.1. The van der Waals surface area contributed by atoms with Crippen LogP contribution in [-0.2, 0) is 0 Å². The summed E-state index contributed by atoms with van der Waals surface area (Å²) in [6.45, 7) is 9.74. The molecule has 0 aromatic carbocycles. The number of rotatable bonds is 6. The Kier molecular flexibility index (Phi) is 5.09. The molecule has 1 heterocycles. The first-order valence-corrected chi connectivity index (χ1v) is 7.93. The summed E-state index contributed by atoms with van der Waals surface area (Å²) in [6.07, 6.45) is 8.15. The highest BCUT2D eigenvalue weighted by molar-refractivity contribution is 5.34. The minimum absolute atomic E-state index is 0.487. The number of furan rings is 1. The summed E-state index contributed by atoms with van der Waals surface area (Å²) in [6, 6.07) is 0.487. The van der Waals surface area contributed by atoms with Crippen LogP contribution < -0.4 is 5.32 Å². The predicted octanol–water partition coefficient (Wildman–Crippen LogP) is 4.83. The first kappa shape index (κ1) is 14.6. The van der Waals surface area contributed by atoms with Crippen molar-refractivity contribution in [3.05, 3.63) is 22.6 Å². The van der Waals surface area contributed by atoms with Gasteiger partial charge in [0.1, 0.15) is 11.5 Å². The van der Waals surface area contributed by atoms with Crippen LogP contribution in [0.5, 0.6) is 0 Å². The maximum atomic E-state index is 5.83. The lowest BCUT2D eigenvalue weighted by Gasteiger charge is -2.22. The zero-order valence-electron chi connectivity index (χ0n) is 13.0. The summed E-state index contributed by atoms with van der Waals surface area (Å²) >= 11 is 0. The zero-order valence-corrected chi connectivity index (χ0v) is 13.0. The summed E-state index contributed by atoms with van der Waals surface area (Å²) in [4.78, 5) is 0. The van der Waals surface area contributed by atoms with Gasteiger partial charge in [-0.25, -0.2) is 0 Å². The van der Waals surface area contributed by atoms with E-state index in [0.29, 0.717) is 6.04 Å². The van der Waals surface area contributed by atoms with Gasteiger partial charge in [-0.3, -0.25) is 0 Å². The van der Waals surface area contributed by atoms with Gasteiger partial charge in [0.15, 0.2) is 0 Å². The Morgan fingerprint density at radius 2 is 1.84 bits per heavy atom. The number of aryl methyl sites for hydroxylation is 2. The highest BCUT2D eigenvalue weighted by atomic mass is 16.3. The summed E-state index contributed by atoms with van der Waals surface area (Å²) in [5.74, 6) is 3.10. The van der Waals surface area contributed by atoms with Crippen molar-refractivity contribution >= 4 is 0 Å². The van der Waals surface area contributed by atoms with Crippen LogP contribution in [0.15, 0.2) is 4.42 Å². The molecule has 1 N–H and O–H groups in total. The van der Waals surface area contributed by atoms with Crippen LogP contribution in [0.1, 0.15) is 74.1 Å². The molecule has 2 rings (SSSR count). The molecule has 1 aliphatic carbocycles. The summed E-state index contributed by atoms with van der Waals surface area (Å²) in [5.41, 5.74) is 2.78. The van der Waals surface area contributed by atoms with Gasteiger partial charge in [-0.15, -0.1) is 0 Å². The predicted molar refractivity (Wildman–Crippen MR) is 80.5 cm³/mol. The molecule has 0 bridgehead atoms. The lowest BCUT2D eigenvalue weighted by atomic mass is 9.91. The van der Waals surface area contributed by atoms with Crippen molar-refractivity contribution in [2.45, 2.75) is 72.3 Å². The number of hydrogen-bond donors (Lipinski definition) is 1. The van der Waals surface area contributed by atoms with Crippen molar-refractivity contribution in [1.82, 2.24) is 5.32 Å². The third-order valence-corrected chi connectivity index (χ3v) is 4.65. The quantitative estimate of drug-likeness (QED) is 0.795. The Morgan fingerprint density at radius 1 is 1.16 bits per heavy atom. The highest BCUT2D eigenvalue weighted by Gasteiger charge is 2.25. The largest absolute Gasteiger partial charge is 0.466 e. The SMILES string of the molecule is CCCNC(CC1CCCC1)c1c(C)oc(C)c1C. The fourth-order valence-corrected chi connectivity index (χ4v) is 3.52. The van der Waals surface area contributed by atoms with E-state index in [-0.39, 0.29) is 0 Å². The highest BCUT2D eigenvalue weighted by Crippen LogP contribution is 2.36. The van der Waals surface area contributed by atoms with Crippen LogP contribution in [0.4, 0.5) is 0 Å². The molecule has 0 radical (unpaired) electrons. The average Bonchev–Trinajstić information content (AvgIpc) is 2.95. The molecule has 0 aliphatic heterocycles. The van der Waals surface area contributed by atoms with Gasteiger partial charge in [-0.05, 0) is 51.6 Å². The molecule has 2 nitrogen and oxygen atoms in total. The number of hydrogen-bond acceptors (Lipinski definition) is 2. The molecule has 1 aliphatic rings. The Morgan fingerprint density at radius 3 is 2.37 bits per heavy atom. The Labute approximate surface area is 118 Å². The van der Waals surface area contributed by atoms with Crippen molar-refractivity contribution in [3.8, 4) is 0 Å². The lowest BCUT2D eigenvalue weighted by molar-refractivity contribution is 0.388.